The Morgan fingerprint density at radius 2 is 2.23 bits per heavy atom. The van der Waals surface area contributed by atoms with E-state index >= 15 is 0 Å². The van der Waals surface area contributed by atoms with Crippen LogP contribution < -0.4 is 0 Å². The van der Waals surface area contributed by atoms with E-state index in [1.54, 1.807) is 21.1 Å². The highest BCUT2D eigenvalue weighted by molar-refractivity contribution is 7.09. The molecule has 0 aliphatic carbocycles. The minimum absolute atomic E-state index is 0.0852. The number of aryl methyl sites for hydroxylation is 2. The second-order valence-electron chi connectivity index (χ2n) is 5.87. The highest BCUT2D eigenvalue weighted by Gasteiger charge is 2.34. The number of nitrogens with zero attached hydrogens (tertiary/aromatic N) is 3. The number of carbonyl (C=O) groups is 2. The van der Waals surface area contributed by atoms with E-state index in [1.807, 2.05) is 19.5 Å². The van der Waals surface area contributed by atoms with Crippen molar-refractivity contribution in [2.24, 2.45) is 0 Å². The summed E-state index contributed by atoms with van der Waals surface area (Å²) in [6.07, 6.45) is 3.96. The molecule has 0 N–H and O–H groups in total. The molecule has 0 spiro atoms. The molecule has 22 heavy (non-hydrogen) atoms. The quantitative estimate of drug-likeness (QED) is 0.807. The molecule has 0 radical (unpaired) electrons. The Morgan fingerprint density at radius 3 is 2.86 bits per heavy atom. The molecule has 0 saturated carbocycles. The van der Waals surface area contributed by atoms with Crippen molar-refractivity contribution in [1.82, 2.24) is 14.8 Å². The number of likely N-dealkylation sites (N-methyl/N-ethyl adjacent to an activating group) is 1. The Kier molecular flexibility index (Phi) is 5.94. The van der Waals surface area contributed by atoms with Gasteiger partial charge in [0, 0.05) is 31.4 Å². The number of rotatable bonds is 6. The van der Waals surface area contributed by atoms with E-state index in [4.69, 9.17) is 0 Å². The number of unbranched alkanes of at least 4 members (excludes halogenated alkanes) is 1. The van der Waals surface area contributed by atoms with Gasteiger partial charge in [-0.1, -0.05) is 19.8 Å². The van der Waals surface area contributed by atoms with Crippen molar-refractivity contribution in [1.29, 1.82) is 0 Å². The topological polar surface area (TPSA) is 53.5 Å². The van der Waals surface area contributed by atoms with E-state index in [2.05, 4.69) is 11.9 Å². The van der Waals surface area contributed by atoms with Crippen LogP contribution in [-0.2, 0) is 16.0 Å². The number of hydrogen-bond donors (Lipinski definition) is 0. The van der Waals surface area contributed by atoms with Crippen LogP contribution in [0.2, 0.25) is 0 Å². The Morgan fingerprint density at radius 1 is 1.45 bits per heavy atom. The average molecular weight is 323 g/mol. The zero-order chi connectivity index (χ0) is 16.1. The maximum Gasteiger partial charge on any atom is 0.245 e. The van der Waals surface area contributed by atoms with Crippen molar-refractivity contribution in [2.75, 3.05) is 20.1 Å². The maximum atomic E-state index is 12.6. The van der Waals surface area contributed by atoms with Crippen molar-refractivity contribution in [3.63, 3.8) is 0 Å². The molecule has 1 saturated heterocycles. The average Bonchev–Trinajstić information content (AvgIpc) is 2.91. The maximum absolute atomic E-state index is 12.6. The smallest absolute Gasteiger partial charge is 0.245 e. The second kappa shape index (κ2) is 7.72. The lowest BCUT2D eigenvalue weighted by Gasteiger charge is -2.39. The van der Waals surface area contributed by atoms with E-state index in [9.17, 15) is 9.59 Å². The molecule has 1 atom stereocenters. The molecular weight excluding hydrogens is 298 g/mol. The van der Waals surface area contributed by atoms with Gasteiger partial charge in [-0.15, -0.1) is 11.3 Å². The van der Waals surface area contributed by atoms with Crippen molar-refractivity contribution in [2.45, 2.75) is 52.0 Å². The first-order valence-corrected chi connectivity index (χ1v) is 8.86. The Balaban J connectivity index is 1.99. The van der Waals surface area contributed by atoms with Crippen LogP contribution in [-0.4, -0.2) is 52.8 Å². The van der Waals surface area contributed by atoms with Gasteiger partial charge in [0.05, 0.1) is 11.2 Å². The SMILES string of the molecule is CCCC[C@H]1C(=O)N(C)CCN1C(=O)CCc1scnc1C. The molecule has 122 valence electrons. The molecule has 1 aromatic heterocycles. The molecule has 2 heterocycles. The Labute approximate surface area is 136 Å². The molecule has 1 aliphatic heterocycles. The minimum Gasteiger partial charge on any atom is -0.342 e. The van der Waals surface area contributed by atoms with Gasteiger partial charge in [0.2, 0.25) is 11.8 Å². The molecule has 1 aromatic rings. The molecule has 0 aromatic carbocycles. The lowest BCUT2D eigenvalue weighted by molar-refractivity contribution is -0.150. The van der Waals surface area contributed by atoms with Gasteiger partial charge in [-0.05, 0) is 19.8 Å². The normalized spacial score (nSPS) is 18.9. The van der Waals surface area contributed by atoms with Gasteiger partial charge in [0.25, 0.3) is 0 Å². The lowest BCUT2D eigenvalue weighted by atomic mass is 10.0. The first kappa shape index (κ1) is 16.9. The van der Waals surface area contributed by atoms with Gasteiger partial charge in [-0.25, -0.2) is 4.98 Å². The largest absolute Gasteiger partial charge is 0.342 e. The Bertz CT molecular complexity index is 529. The Hall–Kier alpha value is -1.43. The molecule has 2 amide bonds. The number of piperazine rings is 1. The third-order valence-corrected chi connectivity index (χ3v) is 5.27. The fourth-order valence-corrected chi connectivity index (χ4v) is 3.60. The summed E-state index contributed by atoms with van der Waals surface area (Å²) in [7, 11) is 1.82. The lowest BCUT2D eigenvalue weighted by Crippen LogP contribution is -2.57. The summed E-state index contributed by atoms with van der Waals surface area (Å²) in [5.41, 5.74) is 2.83. The molecule has 2 rings (SSSR count). The second-order valence-corrected chi connectivity index (χ2v) is 6.81. The summed E-state index contributed by atoms with van der Waals surface area (Å²) in [6, 6.07) is -0.270. The van der Waals surface area contributed by atoms with E-state index in [1.165, 1.54) is 4.88 Å². The molecule has 6 heteroatoms. The van der Waals surface area contributed by atoms with Crippen LogP contribution in [0.4, 0.5) is 0 Å². The first-order valence-electron chi connectivity index (χ1n) is 7.98. The third kappa shape index (κ3) is 3.85. The highest BCUT2D eigenvalue weighted by atomic mass is 32.1. The molecule has 0 bridgehead atoms. The monoisotopic (exact) mass is 323 g/mol. The van der Waals surface area contributed by atoms with Crippen LogP contribution in [0.25, 0.3) is 0 Å². The summed E-state index contributed by atoms with van der Waals surface area (Å²) >= 11 is 1.60. The van der Waals surface area contributed by atoms with E-state index in [0.29, 0.717) is 19.5 Å². The zero-order valence-electron chi connectivity index (χ0n) is 13.7. The van der Waals surface area contributed by atoms with Gasteiger partial charge < -0.3 is 9.80 Å². The van der Waals surface area contributed by atoms with Crippen molar-refractivity contribution in [3.8, 4) is 0 Å². The first-order chi connectivity index (χ1) is 10.5. The number of carbonyl (C=O) groups excluding carboxylic acids is 2. The summed E-state index contributed by atoms with van der Waals surface area (Å²) in [4.78, 5) is 33.9. The van der Waals surface area contributed by atoms with E-state index in [-0.39, 0.29) is 17.9 Å². The summed E-state index contributed by atoms with van der Waals surface area (Å²) in [6.45, 7) is 5.36. The predicted octanol–water partition coefficient (Wildman–Crippen LogP) is 2.24. The van der Waals surface area contributed by atoms with Crippen LogP contribution in [0.5, 0.6) is 0 Å². The van der Waals surface area contributed by atoms with E-state index in [0.717, 1.165) is 31.4 Å². The summed E-state index contributed by atoms with van der Waals surface area (Å²) in [5.74, 6) is 0.178. The van der Waals surface area contributed by atoms with Crippen LogP contribution in [0.1, 0.15) is 43.2 Å². The standard InChI is InChI=1S/C16H25N3O2S/c1-4-5-6-13-16(21)18(3)9-10-19(13)15(20)8-7-14-12(2)17-11-22-14/h11,13H,4-10H2,1-3H3/t13-/m0/s1. The third-order valence-electron chi connectivity index (χ3n) is 4.28. The molecule has 1 aliphatic rings. The number of thiazole rings is 1. The van der Waals surface area contributed by atoms with Crippen molar-refractivity contribution < 1.29 is 9.59 Å². The molecule has 5 nitrogen and oxygen atoms in total. The molecule has 1 fully saturated rings. The van der Waals surface area contributed by atoms with E-state index < -0.39 is 0 Å². The van der Waals surface area contributed by atoms with Gasteiger partial charge in [0.1, 0.15) is 6.04 Å². The van der Waals surface area contributed by atoms with Crippen LogP contribution in [0.15, 0.2) is 5.51 Å². The molecule has 0 unspecified atom stereocenters. The number of aromatic nitrogens is 1. The van der Waals surface area contributed by atoms with Crippen LogP contribution >= 0.6 is 11.3 Å². The van der Waals surface area contributed by atoms with Crippen molar-refractivity contribution >= 4 is 23.2 Å². The predicted molar refractivity (Wildman–Crippen MR) is 87.8 cm³/mol. The minimum atomic E-state index is -0.270. The molecular formula is C16H25N3O2S. The number of hydrogen-bond acceptors (Lipinski definition) is 4. The van der Waals surface area contributed by atoms with Gasteiger partial charge in [-0.3, -0.25) is 9.59 Å². The zero-order valence-corrected chi connectivity index (χ0v) is 14.5. The van der Waals surface area contributed by atoms with Gasteiger partial charge in [0.15, 0.2) is 0 Å². The summed E-state index contributed by atoms with van der Waals surface area (Å²) in [5, 5.41) is 0. The van der Waals surface area contributed by atoms with Crippen LogP contribution in [0.3, 0.4) is 0 Å². The van der Waals surface area contributed by atoms with Gasteiger partial charge in [-0.2, -0.15) is 0 Å². The summed E-state index contributed by atoms with van der Waals surface area (Å²) < 4.78 is 0. The van der Waals surface area contributed by atoms with Gasteiger partial charge >= 0.3 is 0 Å². The van der Waals surface area contributed by atoms with Crippen LogP contribution in [0, 0.1) is 6.92 Å². The fourth-order valence-electron chi connectivity index (χ4n) is 2.82. The number of amides is 2. The fraction of sp³-hybridized carbons (Fsp3) is 0.688. The van der Waals surface area contributed by atoms with Crippen molar-refractivity contribution in [3.05, 3.63) is 16.1 Å². The highest BCUT2D eigenvalue weighted by Crippen LogP contribution is 2.19.